The van der Waals surface area contributed by atoms with Crippen LogP contribution in [0.25, 0.3) is 0 Å². The number of rotatable bonds is 15. The third kappa shape index (κ3) is 5.54. The molecule has 1 atom stereocenters. The van der Waals surface area contributed by atoms with Crippen LogP contribution in [0.4, 0.5) is 127 Å². The molecule has 298 valence electrons. The molecular formula is C19H7F29O2. The van der Waals surface area contributed by atoms with E-state index in [9.17, 15) is 132 Å². The molecule has 31 heteroatoms. The van der Waals surface area contributed by atoms with Gasteiger partial charge < -0.3 is 4.74 Å². The van der Waals surface area contributed by atoms with Crippen molar-refractivity contribution in [3.05, 3.63) is 12.7 Å². The van der Waals surface area contributed by atoms with Crippen LogP contribution in [0.3, 0.4) is 0 Å². The summed E-state index contributed by atoms with van der Waals surface area (Å²) in [4.78, 5) is 10.8. The van der Waals surface area contributed by atoms with Gasteiger partial charge in [0.2, 0.25) is 0 Å². The zero-order chi connectivity index (χ0) is 41.6. The van der Waals surface area contributed by atoms with Gasteiger partial charge in [0.25, 0.3) is 0 Å². The monoisotopic (exact) mass is 818 g/mol. The Balaban J connectivity index is 7.56. The smallest absolute Gasteiger partial charge is 0.453 e. The summed E-state index contributed by atoms with van der Waals surface area (Å²) in [6.45, 7) is 1.68. The average molecular weight is 818 g/mol. The summed E-state index contributed by atoms with van der Waals surface area (Å²) in [5.41, 5.74) is 0. The van der Waals surface area contributed by atoms with Gasteiger partial charge in [-0.05, 0) is 6.92 Å². The van der Waals surface area contributed by atoms with Gasteiger partial charge in [0.1, 0.15) is 0 Å². The molecule has 0 radical (unpaired) electrons. The molecule has 0 amide bonds. The van der Waals surface area contributed by atoms with Gasteiger partial charge in [0.15, 0.2) is 6.10 Å². The lowest BCUT2D eigenvalue weighted by atomic mass is 9.83. The van der Waals surface area contributed by atoms with Crippen molar-refractivity contribution in [2.75, 3.05) is 0 Å². The second-order valence-corrected chi connectivity index (χ2v) is 9.30. The average Bonchev–Trinajstić information content (AvgIpc) is 2.90. The summed E-state index contributed by atoms with van der Waals surface area (Å²) in [5, 5.41) is 0. The molecule has 0 aromatic heterocycles. The fourth-order valence-electron chi connectivity index (χ4n) is 2.91. The van der Waals surface area contributed by atoms with E-state index in [1.54, 1.807) is 0 Å². The summed E-state index contributed by atoms with van der Waals surface area (Å²) in [6.07, 6.45) is -12.9. The van der Waals surface area contributed by atoms with E-state index in [0.29, 0.717) is 0 Å². The molecule has 50 heavy (non-hydrogen) atoms. The predicted molar refractivity (Wildman–Crippen MR) is 96.1 cm³/mol. The summed E-state index contributed by atoms with van der Waals surface area (Å²) in [6, 6.07) is 0. The van der Waals surface area contributed by atoms with Crippen molar-refractivity contribution in [2.45, 2.75) is 96.2 Å². The molecule has 0 aromatic rings. The van der Waals surface area contributed by atoms with E-state index >= 15 is 0 Å². The van der Waals surface area contributed by atoms with Crippen molar-refractivity contribution in [3.63, 3.8) is 0 Å². The summed E-state index contributed by atoms with van der Waals surface area (Å²) >= 11 is 0. The number of carbonyl (C=O) groups is 1. The molecule has 0 bridgehead atoms. The number of hydrogen-bond donors (Lipinski definition) is 0. The van der Waals surface area contributed by atoms with Crippen molar-refractivity contribution < 1.29 is 137 Å². The number of carbonyl (C=O) groups excluding carboxylic acids is 1. The van der Waals surface area contributed by atoms with Crippen molar-refractivity contribution in [2.24, 2.45) is 0 Å². The Morgan fingerprint density at radius 1 is 0.400 bits per heavy atom. The second kappa shape index (κ2) is 11.9. The van der Waals surface area contributed by atoms with E-state index in [0.717, 1.165) is 0 Å². The van der Waals surface area contributed by atoms with Crippen LogP contribution in [0.1, 0.15) is 6.92 Å². The van der Waals surface area contributed by atoms with E-state index in [2.05, 4.69) is 11.3 Å². The van der Waals surface area contributed by atoms with Gasteiger partial charge in [-0.15, -0.1) is 0 Å². The van der Waals surface area contributed by atoms with Gasteiger partial charge >= 0.3 is 89.1 Å². The lowest BCUT2D eigenvalue weighted by Crippen LogP contribution is -2.79. The number of esters is 1. The SMILES string of the molecule is C=CC(=O)OC(C)C(F)(F)C(F)(F)C(F)(F)C(F)(F)C(F)(F)C(F)(F)C(F)(F)C(F)(F)C(F)(F)C(F)(F)C(F)(F)C(F)(F)C(F)(F)C(F)(F)F. The molecule has 0 spiro atoms. The largest absolute Gasteiger partial charge is 0.460 e. The van der Waals surface area contributed by atoms with Gasteiger partial charge in [0.05, 0.1) is 0 Å². The minimum atomic E-state index is -9.98. The predicted octanol–water partition coefficient (Wildman–Crippen LogP) is 9.93. The molecule has 0 N–H and O–H groups in total. The van der Waals surface area contributed by atoms with Crippen LogP contribution in [0, 0.1) is 0 Å². The van der Waals surface area contributed by atoms with Gasteiger partial charge in [-0.2, -0.15) is 127 Å². The maximum absolute atomic E-state index is 13.9. The van der Waals surface area contributed by atoms with Crippen LogP contribution in [-0.4, -0.2) is 95.2 Å². The first-order valence-corrected chi connectivity index (χ1v) is 10.9. The number of halogens is 29. The summed E-state index contributed by atoms with van der Waals surface area (Å²) < 4.78 is 394. The van der Waals surface area contributed by atoms with Crippen LogP contribution < -0.4 is 0 Å². The first-order chi connectivity index (χ1) is 21.1. The van der Waals surface area contributed by atoms with Gasteiger partial charge in [-0.25, -0.2) is 4.79 Å². The fraction of sp³-hybridized carbons (Fsp3) is 0.842. The van der Waals surface area contributed by atoms with Gasteiger partial charge in [0, 0.05) is 6.08 Å². The molecule has 0 aliphatic rings. The molecule has 0 aliphatic heterocycles. The third-order valence-electron chi connectivity index (χ3n) is 6.08. The van der Waals surface area contributed by atoms with E-state index in [1.807, 2.05) is 0 Å². The zero-order valence-electron chi connectivity index (χ0n) is 22.1. The van der Waals surface area contributed by atoms with E-state index in [4.69, 9.17) is 0 Å². The van der Waals surface area contributed by atoms with Crippen molar-refractivity contribution in [1.29, 1.82) is 0 Å². The molecule has 0 rings (SSSR count). The summed E-state index contributed by atoms with van der Waals surface area (Å²) in [7, 11) is 0. The zero-order valence-corrected chi connectivity index (χ0v) is 22.1. The molecule has 0 saturated carbocycles. The molecule has 0 aromatic carbocycles. The van der Waals surface area contributed by atoms with Crippen LogP contribution in [0.2, 0.25) is 0 Å². The molecule has 0 heterocycles. The van der Waals surface area contributed by atoms with E-state index in [-0.39, 0.29) is 6.08 Å². The molecule has 1 unspecified atom stereocenters. The molecule has 0 saturated heterocycles. The number of hydrogen-bond acceptors (Lipinski definition) is 2. The number of ether oxygens (including phenoxy) is 1. The Hall–Kier alpha value is -2.82. The fourth-order valence-corrected chi connectivity index (χ4v) is 2.91. The van der Waals surface area contributed by atoms with Crippen molar-refractivity contribution >= 4 is 5.97 Å². The van der Waals surface area contributed by atoms with E-state index in [1.165, 1.54) is 0 Å². The molecule has 0 fully saturated rings. The maximum Gasteiger partial charge on any atom is 0.460 e. The number of alkyl halides is 29. The Kier molecular flexibility index (Phi) is 11.2. The lowest BCUT2D eigenvalue weighted by molar-refractivity contribution is -0.487. The Morgan fingerprint density at radius 2 is 0.580 bits per heavy atom. The standard InChI is InChI=1S/C19H7F29O2/c1-3-5(49)50-4(2)6(20,21)7(22,23)8(24,25)9(26,27)10(28,29)11(30,31)12(32,33)13(34,35)14(36,37)15(38,39)16(40,41)17(42,43)18(44,45)19(46,47)48/h3-4H,1H2,2H3. The molecule has 0 aliphatic carbocycles. The maximum atomic E-state index is 13.9. The summed E-state index contributed by atoms with van der Waals surface area (Å²) in [5.74, 6) is -124. The lowest BCUT2D eigenvalue weighted by Gasteiger charge is -2.46. The molecule has 2 nitrogen and oxygen atoms in total. The highest BCUT2D eigenvalue weighted by molar-refractivity contribution is 5.81. The minimum Gasteiger partial charge on any atom is -0.453 e. The highest BCUT2D eigenvalue weighted by atomic mass is 19.4. The van der Waals surface area contributed by atoms with Crippen LogP contribution in [0.15, 0.2) is 12.7 Å². The highest BCUT2D eigenvalue weighted by Gasteiger charge is 3.01. The second-order valence-electron chi connectivity index (χ2n) is 9.30. The Labute approximate surface area is 253 Å². The Morgan fingerprint density at radius 3 is 0.760 bits per heavy atom. The van der Waals surface area contributed by atoms with Gasteiger partial charge in [-0.3, -0.25) is 0 Å². The van der Waals surface area contributed by atoms with Crippen molar-refractivity contribution in [3.8, 4) is 0 Å². The van der Waals surface area contributed by atoms with E-state index < -0.39 is 102 Å². The van der Waals surface area contributed by atoms with Crippen LogP contribution >= 0.6 is 0 Å². The van der Waals surface area contributed by atoms with Crippen LogP contribution in [0.5, 0.6) is 0 Å². The quantitative estimate of drug-likeness (QED) is 0.0935. The minimum absolute atomic E-state index is 0.299. The third-order valence-corrected chi connectivity index (χ3v) is 6.08. The Bertz CT molecular complexity index is 1270. The van der Waals surface area contributed by atoms with Crippen molar-refractivity contribution in [1.82, 2.24) is 0 Å². The molecular weight excluding hydrogens is 811 g/mol. The highest BCUT2D eigenvalue weighted by Crippen LogP contribution is 2.69. The first kappa shape index (κ1) is 47.2. The van der Waals surface area contributed by atoms with Crippen LogP contribution in [-0.2, 0) is 9.53 Å². The normalized spacial score (nSPS) is 17.1. The van der Waals surface area contributed by atoms with Gasteiger partial charge in [-0.1, -0.05) is 6.58 Å². The first-order valence-electron chi connectivity index (χ1n) is 10.9. The topological polar surface area (TPSA) is 26.3 Å².